The van der Waals surface area contributed by atoms with Gasteiger partial charge in [-0.1, -0.05) is 26.0 Å². The average Bonchev–Trinajstić information content (AvgIpc) is 2.92. The van der Waals surface area contributed by atoms with Gasteiger partial charge in [-0.2, -0.15) is 4.68 Å². The Bertz CT molecular complexity index is 905. The van der Waals surface area contributed by atoms with Crippen LogP contribution in [0, 0.1) is 11.3 Å². The first kappa shape index (κ1) is 19.0. The van der Waals surface area contributed by atoms with Crippen LogP contribution < -0.4 is 5.56 Å². The molecule has 0 amide bonds. The third-order valence-electron chi connectivity index (χ3n) is 5.41. The minimum absolute atomic E-state index is 0.242. The lowest BCUT2D eigenvalue weighted by atomic mass is 9.72. The molecule has 2 heterocycles. The highest BCUT2D eigenvalue weighted by molar-refractivity contribution is 7.18. The van der Waals surface area contributed by atoms with Crippen molar-refractivity contribution in [3.05, 3.63) is 20.8 Å². The highest BCUT2D eigenvalue weighted by Crippen LogP contribution is 2.41. The number of aromatic nitrogens is 3. The predicted molar refractivity (Wildman–Crippen MR) is 103 cm³/mol. The van der Waals surface area contributed by atoms with Crippen molar-refractivity contribution in [1.29, 1.82) is 0 Å². The summed E-state index contributed by atoms with van der Waals surface area (Å²) in [6.45, 7) is 12.1. The molecule has 6 nitrogen and oxygen atoms in total. The summed E-state index contributed by atoms with van der Waals surface area (Å²) < 4.78 is 6.29. The maximum absolute atomic E-state index is 13.2. The summed E-state index contributed by atoms with van der Waals surface area (Å²) in [7, 11) is 0. The number of hydrogen-bond acceptors (Lipinski definition) is 6. The summed E-state index contributed by atoms with van der Waals surface area (Å²) in [6, 6.07) is 0. The van der Waals surface area contributed by atoms with Crippen LogP contribution >= 0.6 is 11.3 Å². The molecule has 26 heavy (non-hydrogen) atoms. The fourth-order valence-electron chi connectivity index (χ4n) is 3.59. The zero-order valence-electron chi connectivity index (χ0n) is 16.4. The SMILES string of the molecule is CCOC(=O)C(C)(C)n1nnc2sc3c(c2c1=O)CCC(C(C)(C)C)C3. The van der Waals surface area contributed by atoms with Crippen LogP contribution in [0.1, 0.15) is 58.4 Å². The molecule has 3 rings (SSSR count). The lowest BCUT2D eigenvalue weighted by molar-refractivity contribution is -0.152. The number of rotatable bonds is 3. The molecule has 2 aromatic heterocycles. The lowest BCUT2D eigenvalue weighted by Gasteiger charge is -2.33. The summed E-state index contributed by atoms with van der Waals surface area (Å²) in [4.78, 5) is 27.4. The van der Waals surface area contributed by atoms with Crippen LogP contribution in [0.4, 0.5) is 0 Å². The Morgan fingerprint density at radius 1 is 1.31 bits per heavy atom. The van der Waals surface area contributed by atoms with Crippen LogP contribution in [0.25, 0.3) is 10.2 Å². The molecule has 1 unspecified atom stereocenters. The summed E-state index contributed by atoms with van der Waals surface area (Å²) in [5.74, 6) is 0.113. The van der Waals surface area contributed by atoms with Gasteiger partial charge in [0.25, 0.3) is 5.56 Å². The Balaban J connectivity index is 2.09. The Morgan fingerprint density at radius 3 is 2.62 bits per heavy atom. The van der Waals surface area contributed by atoms with Gasteiger partial charge in [-0.15, -0.1) is 16.4 Å². The van der Waals surface area contributed by atoms with E-state index < -0.39 is 11.5 Å². The number of nitrogens with zero attached hydrogens (tertiary/aromatic N) is 3. The minimum Gasteiger partial charge on any atom is -0.464 e. The molecule has 0 saturated heterocycles. The molecule has 0 N–H and O–H groups in total. The average molecular weight is 378 g/mol. The van der Waals surface area contributed by atoms with Gasteiger partial charge in [0, 0.05) is 4.88 Å². The van der Waals surface area contributed by atoms with Gasteiger partial charge >= 0.3 is 5.97 Å². The molecular weight excluding hydrogens is 350 g/mol. The van der Waals surface area contributed by atoms with E-state index >= 15 is 0 Å². The molecule has 1 atom stereocenters. The van der Waals surface area contributed by atoms with Crippen LogP contribution in [-0.4, -0.2) is 27.6 Å². The number of ether oxygens (including phenoxy) is 1. The highest BCUT2D eigenvalue weighted by Gasteiger charge is 2.36. The van der Waals surface area contributed by atoms with Crippen molar-refractivity contribution in [1.82, 2.24) is 15.0 Å². The summed E-state index contributed by atoms with van der Waals surface area (Å²) in [6.07, 6.45) is 2.91. The number of thiophene rings is 1. The molecule has 0 aromatic carbocycles. The maximum atomic E-state index is 13.2. The molecule has 0 bridgehead atoms. The summed E-state index contributed by atoms with van der Waals surface area (Å²) in [5.41, 5.74) is -0.101. The molecule has 0 saturated carbocycles. The molecule has 142 valence electrons. The van der Waals surface area contributed by atoms with Crippen molar-refractivity contribution < 1.29 is 9.53 Å². The third-order valence-corrected chi connectivity index (χ3v) is 6.55. The van der Waals surface area contributed by atoms with Gasteiger partial charge in [-0.3, -0.25) is 4.79 Å². The van der Waals surface area contributed by atoms with Crippen molar-refractivity contribution in [2.45, 2.75) is 66.3 Å². The van der Waals surface area contributed by atoms with E-state index in [0.717, 1.165) is 24.8 Å². The maximum Gasteiger partial charge on any atom is 0.333 e. The van der Waals surface area contributed by atoms with Crippen molar-refractivity contribution >= 4 is 27.5 Å². The van der Waals surface area contributed by atoms with E-state index in [2.05, 4.69) is 31.1 Å². The summed E-state index contributed by atoms with van der Waals surface area (Å²) >= 11 is 1.57. The second-order valence-corrected chi connectivity index (χ2v) is 9.66. The molecule has 0 fully saturated rings. The molecule has 0 radical (unpaired) electrons. The van der Waals surface area contributed by atoms with E-state index in [-0.39, 0.29) is 17.6 Å². The van der Waals surface area contributed by atoms with Crippen LogP contribution in [0.15, 0.2) is 4.79 Å². The largest absolute Gasteiger partial charge is 0.464 e. The topological polar surface area (TPSA) is 74.1 Å². The lowest BCUT2D eigenvalue weighted by Crippen LogP contribution is -2.45. The number of hydrogen-bond donors (Lipinski definition) is 0. The monoisotopic (exact) mass is 377 g/mol. The van der Waals surface area contributed by atoms with Crippen molar-refractivity contribution in [3.8, 4) is 0 Å². The number of carbonyl (C=O) groups is 1. The molecular formula is C19H27N3O3S. The standard InChI is InChI=1S/C19H27N3O3S/c1-7-25-17(24)19(5,6)22-16(23)14-12-9-8-11(18(2,3)4)10-13(12)26-15(14)20-21-22/h11H,7-10H2,1-6H3. The highest BCUT2D eigenvalue weighted by atomic mass is 32.1. The van der Waals surface area contributed by atoms with Crippen LogP contribution in [0.5, 0.6) is 0 Å². The molecule has 7 heteroatoms. The fraction of sp³-hybridized carbons (Fsp3) is 0.684. The quantitative estimate of drug-likeness (QED) is 0.767. The third kappa shape index (κ3) is 3.06. The van der Waals surface area contributed by atoms with E-state index in [0.29, 0.717) is 16.1 Å². The predicted octanol–water partition coefficient (Wildman–Crippen LogP) is 3.30. The minimum atomic E-state index is -1.19. The molecule has 0 aliphatic heterocycles. The van der Waals surface area contributed by atoms with Gasteiger partial charge in [-0.05, 0) is 56.9 Å². The van der Waals surface area contributed by atoms with Crippen LogP contribution in [0.2, 0.25) is 0 Å². The Kier molecular flexibility index (Phi) is 4.71. The molecule has 1 aliphatic carbocycles. The van der Waals surface area contributed by atoms with Crippen LogP contribution in [-0.2, 0) is 27.9 Å². The Morgan fingerprint density at radius 2 is 2.00 bits per heavy atom. The van der Waals surface area contributed by atoms with Gasteiger partial charge in [0.15, 0.2) is 10.4 Å². The molecule has 1 aliphatic rings. The number of aryl methyl sites for hydroxylation is 1. The Hall–Kier alpha value is -1.76. The summed E-state index contributed by atoms with van der Waals surface area (Å²) in [5, 5.41) is 8.95. The smallest absolute Gasteiger partial charge is 0.333 e. The van der Waals surface area contributed by atoms with E-state index in [1.165, 1.54) is 9.56 Å². The molecule has 0 spiro atoms. The van der Waals surface area contributed by atoms with Gasteiger partial charge in [0.05, 0.1) is 12.0 Å². The van der Waals surface area contributed by atoms with Crippen molar-refractivity contribution in [3.63, 3.8) is 0 Å². The van der Waals surface area contributed by atoms with Gasteiger partial charge < -0.3 is 4.74 Å². The van der Waals surface area contributed by atoms with E-state index in [1.807, 2.05) is 0 Å². The molecule has 2 aromatic rings. The number of carbonyl (C=O) groups excluding carboxylic acids is 1. The normalized spacial score (nSPS) is 18.0. The van der Waals surface area contributed by atoms with Crippen LogP contribution in [0.3, 0.4) is 0 Å². The van der Waals surface area contributed by atoms with E-state index in [9.17, 15) is 9.59 Å². The zero-order valence-corrected chi connectivity index (χ0v) is 17.2. The first-order valence-electron chi connectivity index (χ1n) is 9.15. The second kappa shape index (κ2) is 6.44. The number of fused-ring (bicyclic) bond motifs is 3. The Labute approximate surface area is 157 Å². The van der Waals surface area contributed by atoms with Crippen molar-refractivity contribution in [2.24, 2.45) is 11.3 Å². The van der Waals surface area contributed by atoms with Gasteiger partial charge in [-0.25, -0.2) is 4.79 Å². The zero-order chi connectivity index (χ0) is 19.3. The second-order valence-electron chi connectivity index (χ2n) is 8.58. The number of esters is 1. The van der Waals surface area contributed by atoms with Gasteiger partial charge in [0.2, 0.25) is 0 Å². The van der Waals surface area contributed by atoms with Gasteiger partial charge in [0.1, 0.15) is 0 Å². The first-order valence-corrected chi connectivity index (χ1v) is 9.97. The first-order chi connectivity index (χ1) is 12.1. The fourth-order valence-corrected chi connectivity index (χ4v) is 4.83. The van der Waals surface area contributed by atoms with Crippen molar-refractivity contribution in [2.75, 3.05) is 6.61 Å². The van der Waals surface area contributed by atoms with E-state index in [1.54, 1.807) is 32.1 Å². The van der Waals surface area contributed by atoms with E-state index in [4.69, 9.17) is 4.74 Å².